The molecule has 162 valence electrons. The van der Waals surface area contributed by atoms with E-state index in [0.717, 1.165) is 61.6 Å². The Kier molecular flexibility index (Phi) is 5.86. The van der Waals surface area contributed by atoms with Gasteiger partial charge in [-0.3, -0.25) is 4.79 Å². The van der Waals surface area contributed by atoms with Crippen LogP contribution >= 0.6 is 0 Å². The smallest absolute Gasteiger partial charge is 0.269 e. The topological polar surface area (TPSA) is 68.6 Å². The van der Waals surface area contributed by atoms with Gasteiger partial charge in [0.1, 0.15) is 13.2 Å². The maximum Gasteiger partial charge on any atom is 0.269 e. The SMILES string of the molecule is O=c1cnc2ccccc2n1CCN1CCC(NCc2ccc3c(c2)OCCO3)CC1. The van der Waals surface area contributed by atoms with Crippen molar-refractivity contribution in [3.63, 3.8) is 0 Å². The van der Waals surface area contributed by atoms with Gasteiger partial charge in [-0.2, -0.15) is 0 Å². The Labute approximate surface area is 181 Å². The normalized spacial score (nSPS) is 17.2. The number of aromatic nitrogens is 2. The lowest BCUT2D eigenvalue weighted by Crippen LogP contribution is -2.43. The largest absolute Gasteiger partial charge is 0.486 e. The molecule has 0 unspecified atom stereocenters. The number of benzene rings is 2. The summed E-state index contributed by atoms with van der Waals surface area (Å²) in [6.45, 7) is 5.71. The predicted molar refractivity (Wildman–Crippen MR) is 120 cm³/mol. The van der Waals surface area contributed by atoms with Crippen molar-refractivity contribution in [2.24, 2.45) is 0 Å². The van der Waals surface area contributed by atoms with E-state index in [9.17, 15) is 4.79 Å². The fourth-order valence-corrected chi connectivity index (χ4v) is 4.41. The van der Waals surface area contributed by atoms with Gasteiger partial charge in [0.05, 0.1) is 17.2 Å². The standard InChI is InChI=1S/C24H28N4O3/c29-24-17-26-20-3-1-2-4-21(20)28(24)12-11-27-9-7-19(8-10-27)25-16-18-5-6-22-23(15-18)31-14-13-30-22/h1-6,15,17,19,25H,7-14,16H2. The molecule has 2 aromatic carbocycles. The summed E-state index contributed by atoms with van der Waals surface area (Å²) in [4.78, 5) is 19.0. The van der Waals surface area contributed by atoms with Crippen LogP contribution in [0.25, 0.3) is 11.0 Å². The van der Waals surface area contributed by atoms with Crippen molar-refractivity contribution < 1.29 is 9.47 Å². The number of hydrogen-bond acceptors (Lipinski definition) is 6. The lowest BCUT2D eigenvalue weighted by Gasteiger charge is -2.32. The van der Waals surface area contributed by atoms with Crippen molar-refractivity contribution in [3.8, 4) is 11.5 Å². The highest BCUT2D eigenvalue weighted by Gasteiger charge is 2.19. The van der Waals surface area contributed by atoms with Crippen molar-refractivity contribution in [1.29, 1.82) is 0 Å². The second-order valence-corrected chi connectivity index (χ2v) is 8.21. The van der Waals surface area contributed by atoms with E-state index < -0.39 is 0 Å². The molecule has 2 aliphatic rings. The second-order valence-electron chi connectivity index (χ2n) is 8.21. The van der Waals surface area contributed by atoms with Gasteiger partial charge in [-0.05, 0) is 55.8 Å². The molecule has 3 heterocycles. The Bertz CT molecular complexity index is 1110. The van der Waals surface area contributed by atoms with E-state index in [4.69, 9.17) is 9.47 Å². The molecule has 5 rings (SSSR count). The lowest BCUT2D eigenvalue weighted by atomic mass is 10.0. The summed E-state index contributed by atoms with van der Waals surface area (Å²) in [6, 6.07) is 14.5. The molecule has 1 N–H and O–H groups in total. The first-order chi connectivity index (χ1) is 15.3. The van der Waals surface area contributed by atoms with Gasteiger partial charge in [-0.15, -0.1) is 0 Å². The fraction of sp³-hybridized carbons (Fsp3) is 0.417. The molecule has 1 fully saturated rings. The molecular weight excluding hydrogens is 392 g/mol. The van der Waals surface area contributed by atoms with Gasteiger partial charge in [-0.1, -0.05) is 18.2 Å². The van der Waals surface area contributed by atoms with Crippen LogP contribution in [0.3, 0.4) is 0 Å². The first-order valence-electron chi connectivity index (χ1n) is 11.0. The molecule has 1 saturated heterocycles. The average Bonchev–Trinajstić information content (AvgIpc) is 2.82. The molecule has 0 saturated carbocycles. The summed E-state index contributed by atoms with van der Waals surface area (Å²) >= 11 is 0. The van der Waals surface area contributed by atoms with E-state index in [1.807, 2.05) is 34.9 Å². The summed E-state index contributed by atoms with van der Waals surface area (Å²) in [6.07, 6.45) is 3.64. The number of piperidine rings is 1. The minimum Gasteiger partial charge on any atom is -0.486 e. The Balaban J connectivity index is 1.11. The van der Waals surface area contributed by atoms with Gasteiger partial charge in [0.25, 0.3) is 5.56 Å². The highest BCUT2D eigenvalue weighted by Crippen LogP contribution is 2.30. The van der Waals surface area contributed by atoms with Crippen molar-refractivity contribution in [1.82, 2.24) is 19.8 Å². The number of rotatable bonds is 6. The van der Waals surface area contributed by atoms with Gasteiger partial charge in [-0.25, -0.2) is 4.98 Å². The van der Waals surface area contributed by atoms with E-state index in [2.05, 4.69) is 27.3 Å². The highest BCUT2D eigenvalue weighted by molar-refractivity contribution is 5.74. The van der Waals surface area contributed by atoms with Crippen molar-refractivity contribution in [2.45, 2.75) is 32.0 Å². The Morgan fingerprint density at radius 1 is 1.00 bits per heavy atom. The van der Waals surface area contributed by atoms with Gasteiger partial charge in [0, 0.05) is 25.7 Å². The monoisotopic (exact) mass is 420 g/mol. The fourth-order valence-electron chi connectivity index (χ4n) is 4.41. The zero-order chi connectivity index (χ0) is 21.0. The molecule has 0 bridgehead atoms. The minimum absolute atomic E-state index is 0.0327. The first-order valence-corrected chi connectivity index (χ1v) is 11.0. The van der Waals surface area contributed by atoms with E-state index in [-0.39, 0.29) is 5.56 Å². The van der Waals surface area contributed by atoms with Crippen LogP contribution in [0.5, 0.6) is 11.5 Å². The third kappa shape index (κ3) is 4.57. The number of fused-ring (bicyclic) bond motifs is 2. The zero-order valence-electron chi connectivity index (χ0n) is 17.6. The number of hydrogen-bond donors (Lipinski definition) is 1. The predicted octanol–water partition coefficient (Wildman–Crippen LogP) is 2.42. The third-order valence-electron chi connectivity index (χ3n) is 6.18. The molecule has 0 radical (unpaired) electrons. The van der Waals surface area contributed by atoms with Crippen LogP contribution in [0.4, 0.5) is 0 Å². The Morgan fingerprint density at radius 3 is 2.68 bits per heavy atom. The van der Waals surface area contributed by atoms with Crippen LogP contribution in [-0.2, 0) is 13.1 Å². The quantitative estimate of drug-likeness (QED) is 0.661. The zero-order valence-corrected chi connectivity index (χ0v) is 17.6. The summed E-state index contributed by atoms with van der Waals surface area (Å²) in [5.74, 6) is 1.68. The summed E-state index contributed by atoms with van der Waals surface area (Å²) in [7, 11) is 0. The van der Waals surface area contributed by atoms with Crippen molar-refractivity contribution in [2.75, 3.05) is 32.8 Å². The maximum absolute atomic E-state index is 12.3. The van der Waals surface area contributed by atoms with Crippen LogP contribution in [0.2, 0.25) is 0 Å². The molecule has 3 aromatic rings. The van der Waals surface area contributed by atoms with Crippen molar-refractivity contribution >= 4 is 11.0 Å². The molecule has 0 aliphatic carbocycles. The summed E-state index contributed by atoms with van der Waals surface area (Å²) < 4.78 is 13.1. The number of nitrogens with one attached hydrogen (secondary N) is 1. The van der Waals surface area contributed by atoms with Crippen LogP contribution < -0.4 is 20.3 Å². The molecule has 7 nitrogen and oxygen atoms in total. The number of ether oxygens (including phenoxy) is 2. The van der Waals surface area contributed by atoms with Crippen LogP contribution in [-0.4, -0.2) is 53.3 Å². The van der Waals surface area contributed by atoms with E-state index in [1.54, 1.807) is 0 Å². The number of nitrogens with zero attached hydrogens (tertiary/aromatic N) is 3. The summed E-state index contributed by atoms with van der Waals surface area (Å²) in [5.41, 5.74) is 2.96. The minimum atomic E-state index is -0.0327. The average molecular weight is 421 g/mol. The Hall–Kier alpha value is -2.90. The number of para-hydroxylation sites is 2. The van der Waals surface area contributed by atoms with Crippen LogP contribution in [0.15, 0.2) is 53.5 Å². The van der Waals surface area contributed by atoms with Crippen LogP contribution in [0.1, 0.15) is 18.4 Å². The van der Waals surface area contributed by atoms with E-state index in [0.29, 0.717) is 25.8 Å². The molecule has 0 spiro atoms. The molecule has 1 aromatic heterocycles. The first kappa shape index (κ1) is 20.0. The highest BCUT2D eigenvalue weighted by atomic mass is 16.6. The molecule has 0 atom stereocenters. The molecule has 7 heteroatoms. The van der Waals surface area contributed by atoms with E-state index in [1.165, 1.54) is 11.8 Å². The molecule has 2 aliphatic heterocycles. The van der Waals surface area contributed by atoms with Crippen LogP contribution in [0, 0.1) is 0 Å². The van der Waals surface area contributed by atoms with E-state index >= 15 is 0 Å². The summed E-state index contributed by atoms with van der Waals surface area (Å²) in [5, 5.41) is 3.69. The number of likely N-dealkylation sites (tertiary alicyclic amines) is 1. The van der Waals surface area contributed by atoms with Gasteiger partial charge < -0.3 is 24.3 Å². The molecule has 0 amide bonds. The van der Waals surface area contributed by atoms with Gasteiger partial charge in [0.15, 0.2) is 11.5 Å². The van der Waals surface area contributed by atoms with Crippen molar-refractivity contribution in [3.05, 3.63) is 64.6 Å². The third-order valence-corrected chi connectivity index (χ3v) is 6.18. The maximum atomic E-state index is 12.3. The van der Waals surface area contributed by atoms with Gasteiger partial charge in [0.2, 0.25) is 0 Å². The lowest BCUT2D eigenvalue weighted by molar-refractivity contribution is 0.171. The molecular formula is C24H28N4O3. The van der Waals surface area contributed by atoms with Gasteiger partial charge >= 0.3 is 0 Å². The molecule has 31 heavy (non-hydrogen) atoms. The Morgan fingerprint density at radius 2 is 1.81 bits per heavy atom. The second kappa shape index (κ2) is 9.08.